The smallest absolute Gasteiger partial charge is 0.208 e. The van der Waals surface area contributed by atoms with Gasteiger partial charge in [0.15, 0.2) is 0 Å². The molecule has 2 rings (SSSR count). The van der Waals surface area contributed by atoms with E-state index in [4.69, 9.17) is 0 Å². The van der Waals surface area contributed by atoms with Gasteiger partial charge in [-0.2, -0.15) is 5.21 Å². The number of aliphatic imine (C=N–C) groups is 1. The summed E-state index contributed by atoms with van der Waals surface area (Å²) in [6.45, 7) is 0. The first kappa shape index (κ1) is 9.09. The largest absolute Gasteiger partial charge is 0.289 e. The number of H-pyrrole nitrogens is 1. The molecule has 0 radical (unpaired) electrons. The van der Waals surface area contributed by atoms with Gasteiger partial charge in [0.2, 0.25) is 0 Å². The minimum Gasteiger partial charge on any atom is -0.208 e. The highest BCUT2D eigenvalue weighted by atomic mass is 15.5. The molecule has 0 saturated carbocycles. The Balaban J connectivity index is 2.02. The van der Waals surface area contributed by atoms with Crippen LogP contribution in [0.15, 0.2) is 35.3 Å². The SMILES string of the molecule is C(#Cc1ccccc1)/C=N/c1nn[nH]n1. The maximum Gasteiger partial charge on any atom is 0.289 e. The molecule has 5 nitrogen and oxygen atoms in total. The first-order valence-electron chi connectivity index (χ1n) is 4.28. The summed E-state index contributed by atoms with van der Waals surface area (Å²) < 4.78 is 0. The summed E-state index contributed by atoms with van der Waals surface area (Å²) in [4.78, 5) is 3.87. The lowest BCUT2D eigenvalue weighted by molar-refractivity contribution is 0.881. The van der Waals surface area contributed by atoms with Crippen molar-refractivity contribution < 1.29 is 0 Å². The van der Waals surface area contributed by atoms with Gasteiger partial charge in [0.1, 0.15) is 0 Å². The van der Waals surface area contributed by atoms with E-state index in [1.807, 2.05) is 30.3 Å². The molecular weight excluding hydrogens is 190 g/mol. The number of tetrazole rings is 1. The highest BCUT2D eigenvalue weighted by Gasteiger charge is 1.87. The first-order chi connectivity index (χ1) is 7.45. The van der Waals surface area contributed by atoms with Crippen molar-refractivity contribution in [2.24, 2.45) is 4.99 Å². The number of aromatic nitrogens is 4. The predicted molar refractivity (Wildman–Crippen MR) is 55.6 cm³/mol. The Hall–Kier alpha value is -2.48. The summed E-state index contributed by atoms with van der Waals surface area (Å²) in [6, 6.07) is 9.66. The maximum absolute atomic E-state index is 3.87. The van der Waals surface area contributed by atoms with Crippen LogP contribution in [-0.4, -0.2) is 26.8 Å². The Morgan fingerprint density at radius 2 is 2.13 bits per heavy atom. The van der Waals surface area contributed by atoms with E-state index < -0.39 is 0 Å². The number of benzene rings is 1. The number of rotatable bonds is 1. The van der Waals surface area contributed by atoms with Gasteiger partial charge in [0.05, 0.1) is 6.21 Å². The molecule has 72 valence electrons. The van der Waals surface area contributed by atoms with E-state index in [9.17, 15) is 0 Å². The van der Waals surface area contributed by atoms with Crippen LogP contribution in [0.25, 0.3) is 0 Å². The molecule has 1 N–H and O–H groups in total. The van der Waals surface area contributed by atoms with Crippen LogP contribution in [-0.2, 0) is 0 Å². The zero-order chi connectivity index (χ0) is 10.3. The zero-order valence-corrected chi connectivity index (χ0v) is 7.75. The average molecular weight is 197 g/mol. The number of nitrogens with one attached hydrogen (secondary N) is 1. The van der Waals surface area contributed by atoms with Gasteiger partial charge in [0, 0.05) is 5.56 Å². The molecule has 0 aliphatic rings. The number of aromatic amines is 1. The number of hydrogen-bond donors (Lipinski definition) is 1. The van der Waals surface area contributed by atoms with Crippen LogP contribution in [0.1, 0.15) is 5.56 Å². The Morgan fingerprint density at radius 3 is 2.87 bits per heavy atom. The van der Waals surface area contributed by atoms with E-state index >= 15 is 0 Å². The van der Waals surface area contributed by atoms with E-state index in [0.29, 0.717) is 0 Å². The van der Waals surface area contributed by atoms with Crippen LogP contribution in [0, 0.1) is 11.8 Å². The van der Waals surface area contributed by atoms with E-state index in [1.165, 1.54) is 6.21 Å². The van der Waals surface area contributed by atoms with Crippen molar-refractivity contribution in [2.45, 2.75) is 0 Å². The molecule has 15 heavy (non-hydrogen) atoms. The van der Waals surface area contributed by atoms with Gasteiger partial charge in [0.25, 0.3) is 5.95 Å². The minimum atomic E-state index is 0.275. The molecule has 0 bridgehead atoms. The molecule has 0 atom stereocenters. The van der Waals surface area contributed by atoms with Crippen molar-refractivity contribution in [1.82, 2.24) is 20.6 Å². The van der Waals surface area contributed by atoms with Gasteiger partial charge in [-0.3, -0.25) is 0 Å². The van der Waals surface area contributed by atoms with Gasteiger partial charge < -0.3 is 0 Å². The van der Waals surface area contributed by atoms with Crippen molar-refractivity contribution in [3.8, 4) is 11.8 Å². The molecule has 2 aromatic rings. The van der Waals surface area contributed by atoms with Crippen molar-refractivity contribution in [3.63, 3.8) is 0 Å². The number of hydrogen-bond acceptors (Lipinski definition) is 4. The first-order valence-corrected chi connectivity index (χ1v) is 4.28. The molecule has 5 heteroatoms. The Labute approximate surface area is 86.3 Å². The lowest BCUT2D eigenvalue weighted by Crippen LogP contribution is -1.73. The van der Waals surface area contributed by atoms with Gasteiger partial charge >= 0.3 is 0 Å². The molecule has 1 heterocycles. The molecule has 0 fully saturated rings. The van der Waals surface area contributed by atoms with Crippen LogP contribution in [0.4, 0.5) is 5.95 Å². The third-order valence-corrected chi connectivity index (χ3v) is 1.57. The van der Waals surface area contributed by atoms with Crippen LogP contribution < -0.4 is 0 Å². The van der Waals surface area contributed by atoms with Crippen molar-refractivity contribution >= 4 is 12.2 Å². The summed E-state index contributed by atoms with van der Waals surface area (Å²) >= 11 is 0. The fraction of sp³-hybridized carbons (Fsp3) is 0. The van der Waals surface area contributed by atoms with Crippen molar-refractivity contribution in [3.05, 3.63) is 35.9 Å². The van der Waals surface area contributed by atoms with Crippen LogP contribution in [0.3, 0.4) is 0 Å². The lowest BCUT2D eigenvalue weighted by Gasteiger charge is -1.84. The fourth-order valence-electron chi connectivity index (χ4n) is 0.938. The summed E-state index contributed by atoms with van der Waals surface area (Å²) in [5, 5.41) is 13.0. The maximum atomic E-state index is 3.87. The number of nitrogens with zero attached hydrogens (tertiary/aromatic N) is 4. The van der Waals surface area contributed by atoms with Gasteiger partial charge in [-0.1, -0.05) is 29.2 Å². The Kier molecular flexibility index (Phi) is 2.83. The van der Waals surface area contributed by atoms with Crippen LogP contribution in [0.2, 0.25) is 0 Å². The van der Waals surface area contributed by atoms with E-state index in [0.717, 1.165) is 5.56 Å². The summed E-state index contributed by atoms with van der Waals surface area (Å²) in [5.74, 6) is 5.97. The molecule has 0 spiro atoms. The minimum absolute atomic E-state index is 0.275. The fourth-order valence-corrected chi connectivity index (χ4v) is 0.938. The molecule has 0 saturated heterocycles. The lowest BCUT2D eigenvalue weighted by atomic mass is 10.2. The van der Waals surface area contributed by atoms with Gasteiger partial charge in [-0.05, 0) is 23.3 Å². The summed E-state index contributed by atoms with van der Waals surface area (Å²) in [7, 11) is 0. The topological polar surface area (TPSA) is 66.8 Å². The third kappa shape index (κ3) is 2.74. The van der Waals surface area contributed by atoms with E-state index in [1.54, 1.807) is 0 Å². The highest BCUT2D eigenvalue weighted by molar-refractivity contribution is 5.80. The second kappa shape index (κ2) is 4.67. The summed E-state index contributed by atoms with van der Waals surface area (Å²) in [5.41, 5.74) is 0.942. The molecule has 1 aromatic carbocycles. The van der Waals surface area contributed by atoms with Crippen LogP contribution in [0.5, 0.6) is 0 Å². The van der Waals surface area contributed by atoms with E-state index in [-0.39, 0.29) is 5.95 Å². The Morgan fingerprint density at radius 1 is 1.27 bits per heavy atom. The molecular formula is C10H7N5. The highest BCUT2D eigenvalue weighted by Crippen LogP contribution is 1.95. The van der Waals surface area contributed by atoms with Gasteiger partial charge in [-0.15, -0.1) is 5.10 Å². The van der Waals surface area contributed by atoms with Crippen LogP contribution >= 0.6 is 0 Å². The normalized spacial score (nSPS) is 9.87. The quantitative estimate of drug-likeness (QED) is 0.546. The van der Waals surface area contributed by atoms with E-state index in [2.05, 4.69) is 37.5 Å². The molecule has 0 amide bonds. The second-order valence-corrected chi connectivity index (χ2v) is 2.61. The average Bonchev–Trinajstić information content (AvgIpc) is 2.79. The zero-order valence-electron chi connectivity index (χ0n) is 7.75. The molecule has 0 aliphatic heterocycles. The monoisotopic (exact) mass is 197 g/mol. The molecule has 0 unspecified atom stereocenters. The predicted octanol–water partition coefficient (Wildman–Crippen LogP) is 0.954. The van der Waals surface area contributed by atoms with Gasteiger partial charge in [-0.25, -0.2) is 4.99 Å². The summed E-state index contributed by atoms with van der Waals surface area (Å²) in [6.07, 6.45) is 1.44. The Bertz CT molecular complexity index is 490. The molecule has 1 aromatic heterocycles. The third-order valence-electron chi connectivity index (χ3n) is 1.57. The standard InChI is InChI=1S/C10H7N5/c1-2-5-9(6-3-1)7-4-8-11-10-12-14-15-13-10/h1-3,5-6,8H,(H,12,13,14,15)/b11-8+. The van der Waals surface area contributed by atoms with Crippen molar-refractivity contribution in [2.75, 3.05) is 0 Å². The second-order valence-electron chi connectivity index (χ2n) is 2.61. The van der Waals surface area contributed by atoms with Crippen molar-refractivity contribution in [1.29, 1.82) is 0 Å². The molecule has 0 aliphatic carbocycles.